The van der Waals surface area contributed by atoms with Gasteiger partial charge >= 0.3 is 12.1 Å². The van der Waals surface area contributed by atoms with Gasteiger partial charge in [-0.1, -0.05) is 84.9 Å². The fourth-order valence-electron chi connectivity index (χ4n) is 3.81. The predicted molar refractivity (Wildman–Crippen MR) is 144 cm³/mol. The molecule has 9 nitrogen and oxygen atoms in total. The van der Waals surface area contributed by atoms with E-state index in [-0.39, 0.29) is 13.0 Å². The lowest BCUT2D eigenvalue weighted by molar-refractivity contribution is -0.138. The van der Waals surface area contributed by atoms with Gasteiger partial charge in [-0.2, -0.15) is 0 Å². The molecular formula is C28H31N2O7P. The van der Waals surface area contributed by atoms with Crippen LogP contribution < -0.4 is 10.6 Å². The van der Waals surface area contributed by atoms with Gasteiger partial charge in [-0.05, 0) is 35.6 Å². The van der Waals surface area contributed by atoms with E-state index in [1.165, 1.54) is 6.92 Å². The van der Waals surface area contributed by atoms with Crippen molar-refractivity contribution < 1.29 is 33.7 Å². The van der Waals surface area contributed by atoms with Gasteiger partial charge in [0, 0.05) is 6.16 Å². The number of carboxylic acid groups (broad SMARTS) is 1. The molecule has 0 radical (unpaired) electrons. The summed E-state index contributed by atoms with van der Waals surface area (Å²) in [7, 11) is -4.11. The molecule has 0 bridgehead atoms. The molecule has 0 aliphatic rings. The molecule has 0 aliphatic carbocycles. The Labute approximate surface area is 221 Å². The second-order valence-corrected chi connectivity index (χ2v) is 11.5. The molecule has 2 amide bonds. The van der Waals surface area contributed by atoms with Crippen molar-refractivity contribution in [3.05, 3.63) is 96.1 Å². The molecule has 3 atom stereocenters. The van der Waals surface area contributed by atoms with Crippen LogP contribution in [0.5, 0.6) is 0 Å². The first-order chi connectivity index (χ1) is 18.1. The summed E-state index contributed by atoms with van der Waals surface area (Å²) in [5.74, 6) is -4.08. The van der Waals surface area contributed by atoms with E-state index in [0.29, 0.717) is 0 Å². The topological polar surface area (TPSA) is 142 Å². The monoisotopic (exact) mass is 538 g/mol. The molecule has 4 N–H and O–H groups in total. The number of hydrogen-bond acceptors (Lipinski definition) is 5. The van der Waals surface area contributed by atoms with Crippen LogP contribution in [-0.4, -0.2) is 46.5 Å². The summed E-state index contributed by atoms with van der Waals surface area (Å²) in [5.41, 5.74) is 3.49. The summed E-state index contributed by atoms with van der Waals surface area (Å²) in [4.78, 5) is 46.7. The highest BCUT2D eigenvalue weighted by molar-refractivity contribution is 7.58. The normalized spacial score (nSPS) is 13.9. The Morgan fingerprint density at radius 2 is 1.45 bits per heavy atom. The Morgan fingerprint density at radius 1 is 0.868 bits per heavy atom. The van der Waals surface area contributed by atoms with Crippen molar-refractivity contribution in [2.75, 3.05) is 12.7 Å². The highest BCUT2D eigenvalue weighted by atomic mass is 31.2. The first-order valence-corrected chi connectivity index (χ1v) is 14.0. The van der Waals surface area contributed by atoms with E-state index in [1.807, 2.05) is 60.7 Å². The van der Waals surface area contributed by atoms with Gasteiger partial charge in [0.15, 0.2) is 0 Å². The zero-order chi connectivity index (χ0) is 27.5. The van der Waals surface area contributed by atoms with Crippen LogP contribution in [0.4, 0.5) is 4.79 Å². The van der Waals surface area contributed by atoms with Gasteiger partial charge in [0.2, 0.25) is 13.3 Å². The average Bonchev–Trinajstić information content (AvgIpc) is 2.91. The second-order valence-electron chi connectivity index (χ2n) is 8.90. The summed E-state index contributed by atoms with van der Waals surface area (Å²) >= 11 is 0. The Kier molecular flexibility index (Phi) is 10.2. The number of carbonyl (C=O) groups is 3. The van der Waals surface area contributed by atoms with Crippen molar-refractivity contribution >= 4 is 25.3 Å². The molecule has 0 saturated heterocycles. The number of alkyl carbamates (subject to hydrolysis) is 1. The number of ether oxygens (including phenoxy) is 1. The third kappa shape index (κ3) is 8.87. The third-order valence-electron chi connectivity index (χ3n) is 5.95. The van der Waals surface area contributed by atoms with E-state index in [4.69, 9.17) is 9.84 Å². The van der Waals surface area contributed by atoms with Crippen LogP contribution in [0.2, 0.25) is 0 Å². The molecule has 38 heavy (non-hydrogen) atoms. The summed E-state index contributed by atoms with van der Waals surface area (Å²) in [5, 5.41) is 13.6. The van der Waals surface area contributed by atoms with E-state index in [2.05, 4.69) is 10.6 Å². The van der Waals surface area contributed by atoms with Crippen LogP contribution in [0.15, 0.2) is 84.9 Å². The van der Waals surface area contributed by atoms with Gasteiger partial charge in [-0.3, -0.25) is 14.2 Å². The molecule has 1 unspecified atom stereocenters. The molecule has 200 valence electrons. The molecular weight excluding hydrogens is 507 g/mol. The van der Waals surface area contributed by atoms with Crippen molar-refractivity contribution in [2.24, 2.45) is 5.92 Å². The Bertz CT molecular complexity index is 1270. The summed E-state index contributed by atoms with van der Waals surface area (Å²) < 4.78 is 18.3. The Hall–Kier alpha value is -3.94. The average molecular weight is 539 g/mol. The van der Waals surface area contributed by atoms with Gasteiger partial charge in [0.25, 0.3) is 0 Å². The summed E-state index contributed by atoms with van der Waals surface area (Å²) in [6.07, 6.45) is -1.21. The second kappa shape index (κ2) is 13.6. The fraction of sp³-hybridized carbons (Fsp3) is 0.250. The molecule has 0 saturated carbocycles. The van der Waals surface area contributed by atoms with Crippen LogP contribution >= 0.6 is 7.37 Å². The maximum atomic E-state index is 13.2. The van der Waals surface area contributed by atoms with Crippen molar-refractivity contribution in [3.8, 4) is 11.1 Å². The van der Waals surface area contributed by atoms with E-state index in [1.54, 1.807) is 24.3 Å². The molecule has 10 heteroatoms. The van der Waals surface area contributed by atoms with Crippen molar-refractivity contribution in [1.82, 2.24) is 10.6 Å². The largest absolute Gasteiger partial charge is 0.480 e. The quantitative estimate of drug-likeness (QED) is 0.253. The van der Waals surface area contributed by atoms with Gasteiger partial charge in [0.05, 0.1) is 5.92 Å². The fourth-order valence-corrected chi connectivity index (χ4v) is 5.36. The summed E-state index contributed by atoms with van der Waals surface area (Å²) in [6, 6.07) is 26.1. The number of carboxylic acids is 1. The van der Waals surface area contributed by atoms with E-state index >= 15 is 0 Å². The number of aliphatic carboxylic acids is 1. The van der Waals surface area contributed by atoms with Crippen molar-refractivity contribution in [3.63, 3.8) is 0 Å². The van der Waals surface area contributed by atoms with E-state index < -0.39 is 49.7 Å². The van der Waals surface area contributed by atoms with E-state index in [9.17, 15) is 23.8 Å². The van der Waals surface area contributed by atoms with Crippen LogP contribution in [0.3, 0.4) is 0 Å². The lowest BCUT2D eigenvalue weighted by atomic mass is 9.97. The minimum Gasteiger partial charge on any atom is -0.480 e. The number of hydrogen-bond donors (Lipinski definition) is 4. The first kappa shape index (κ1) is 28.6. The molecule has 0 aliphatic heterocycles. The number of carbonyl (C=O) groups excluding carboxylic acids is 2. The SMILES string of the molecule is C[C@H](NC(=O)OCc1ccccc1)P(=O)(O)C[C@@H](Cc1ccc(-c2ccccc2)cc1)C(=O)NCC(=O)O. The van der Waals surface area contributed by atoms with Crippen LogP contribution in [0, 0.1) is 5.92 Å². The zero-order valence-electron chi connectivity index (χ0n) is 20.9. The maximum Gasteiger partial charge on any atom is 0.408 e. The van der Waals surface area contributed by atoms with Crippen LogP contribution in [-0.2, 0) is 31.9 Å². The minimum absolute atomic E-state index is 0.00564. The minimum atomic E-state index is -4.11. The van der Waals surface area contributed by atoms with Gasteiger partial charge in [-0.25, -0.2) is 4.79 Å². The lowest BCUT2D eigenvalue weighted by Crippen LogP contribution is -2.39. The molecule has 3 aromatic rings. The van der Waals surface area contributed by atoms with Crippen LogP contribution in [0.25, 0.3) is 11.1 Å². The zero-order valence-corrected chi connectivity index (χ0v) is 21.8. The van der Waals surface area contributed by atoms with Crippen molar-refractivity contribution in [2.45, 2.75) is 25.7 Å². The molecule has 0 spiro atoms. The summed E-state index contributed by atoms with van der Waals surface area (Å²) in [6.45, 7) is 0.747. The molecule has 3 aromatic carbocycles. The maximum absolute atomic E-state index is 13.2. The lowest BCUT2D eigenvalue weighted by Gasteiger charge is -2.24. The van der Waals surface area contributed by atoms with Gasteiger partial charge in [0.1, 0.15) is 18.9 Å². The Balaban J connectivity index is 1.67. The number of nitrogens with one attached hydrogen (secondary N) is 2. The molecule has 3 rings (SSSR count). The predicted octanol–water partition coefficient (Wildman–Crippen LogP) is 4.26. The number of benzene rings is 3. The van der Waals surface area contributed by atoms with Gasteiger partial charge < -0.3 is 25.4 Å². The Morgan fingerprint density at radius 3 is 2.05 bits per heavy atom. The van der Waals surface area contributed by atoms with E-state index in [0.717, 1.165) is 22.3 Å². The molecule has 0 fully saturated rings. The third-order valence-corrected chi connectivity index (χ3v) is 8.26. The van der Waals surface area contributed by atoms with Gasteiger partial charge in [-0.15, -0.1) is 0 Å². The van der Waals surface area contributed by atoms with Crippen LogP contribution in [0.1, 0.15) is 18.1 Å². The first-order valence-electron chi connectivity index (χ1n) is 12.1. The standard InChI is InChI=1S/C28H31N2O7P/c1-20(30-28(34)37-18-22-8-4-2-5-9-22)38(35,36)19-25(27(33)29-17-26(31)32)16-21-12-14-24(15-13-21)23-10-6-3-7-11-23/h2-15,20,25H,16-19H2,1H3,(H,29,33)(H,30,34)(H,31,32)(H,35,36)/t20-,25-/m1/s1. The van der Waals surface area contributed by atoms with Crippen molar-refractivity contribution in [1.29, 1.82) is 0 Å². The number of amides is 2. The molecule has 0 aromatic heterocycles. The smallest absolute Gasteiger partial charge is 0.408 e. The number of rotatable bonds is 12. The highest BCUT2D eigenvalue weighted by Crippen LogP contribution is 2.47. The molecule has 0 heterocycles. The highest BCUT2D eigenvalue weighted by Gasteiger charge is 2.35.